The van der Waals surface area contributed by atoms with Crippen LogP contribution in [0.2, 0.25) is 0 Å². The van der Waals surface area contributed by atoms with Crippen LogP contribution in [0.3, 0.4) is 0 Å². The van der Waals surface area contributed by atoms with Crippen molar-refractivity contribution in [2.75, 3.05) is 0 Å². The third-order valence-corrected chi connectivity index (χ3v) is 2.28. The van der Waals surface area contributed by atoms with E-state index in [0.717, 1.165) is 0 Å². The Morgan fingerprint density at radius 2 is 1.92 bits per heavy atom. The molecule has 0 spiro atoms. The van der Waals surface area contributed by atoms with Crippen LogP contribution in [0.1, 0.15) is 25.0 Å². The first-order valence-electron chi connectivity index (χ1n) is 4.52. The van der Waals surface area contributed by atoms with Crippen molar-refractivity contribution in [2.24, 2.45) is 0 Å². The topological polar surface area (TPSA) is 12.0 Å². The quantitative estimate of drug-likeness (QED) is 0.744. The minimum absolute atomic E-state index is 0.0346. The maximum atomic E-state index is 3.69. The molecular formula is C12H17N. The molecule has 1 nitrogen and oxygen atoms in total. The Morgan fingerprint density at radius 1 is 1.31 bits per heavy atom. The second-order valence-electron chi connectivity index (χ2n) is 3.79. The molecule has 0 heterocycles. The van der Waals surface area contributed by atoms with Gasteiger partial charge in [-0.1, -0.05) is 30.8 Å². The zero-order chi connectivity index (χ0) is 9.90. The highest BCUT2D eigenvalue weighted by Gasteiger charge is 2.19. The monoisotopic (exact) mass is 175 g/mol. The molecule has 1 rings (SSSR count). The van der Waals surface area contributed by atoms with Gasteiger partial charge in [-0.2, -0.15) is 0 Å². The Hall–Kier alpha value is -1.24. The van der Waals surface area contributed by atoms with Gasteiger partial charge in [-0.05, 0) is 38.1 Å². The predicted molar refractivity (Wildman–Crippen MR) is 57.5 cm³/mol. The highest BCUT2D eigenvalue weighted by atomic mass is 14.9. The summed E-state index contributed by atoms with van der Waals surface area (Å²) < 4.78 is 0. The minimum atomic E-state index is -0.0346. The summed E-state index contributed by atoms with van der Waals surface area (Å²) in [6.45, 7) is 10.1. The van der Waals surface area contributed by atoms with Gasteiger partial charge >= 0.3 is 0 Å². The fourth-order valence-electron chi connectivity index (χ4n) is 1.61. The number of hydrogen-bond donors (Lipinski definition) is 1. The summed E-state index contributed by atoms with van der Waals surface area (Å²) in [4.78, 5) is 0. The molecule has 0 aromatic heterocycles. The van der Waals surface area contributed by atoms with Crippen molar-refractivity contribution in [1.82, 2.24) is 5.32 Å². The standard InChI is InChI=1S/C12H17N/c1-5-13-12(3,4)11-9-7-6-8-10(11)2/h5-9,13H,1H2,2-4H3. The highest BCUT2D eigenvalue weighted by Crippen LogP contribution is 2.22. The fourth-order valence-corrected chi connectivity index (χ4v) is 1.61. The molecule has 0 unspecified atom stereocenters. The van der Waals surface area contributed by atoms with E-state index < -0.39 is 0 Å². The molecule has 70 valence electrons. The van der Waals surface area contributed by atoms with Crippen LogP contribution in [0.15, 0.2) is 37.0 Å². The summed E-state index contributed by atoms with van der Waals surface area (Å²) in [6.07, 6.45) is 1.74. The first-order chi connectivity index (χ1) is 6.08. The zero-order valence-electron chi connectivity index (χ0n) is 8.59. The molecule has 0 saturated heterocycles. The first-order valence-corrected chi connectivity index (χ1v) is 4.52. The molecule has 0 aliphatic rings. The van der Waals surface area contributed by atoms with Crippen molar-refractivity contribution in [3.63, 3.8) is 0 Å². The van der Waals surface area contributed by atoms with E-state index in [-0.39, 0.29) is 5.54 Å². The van der Waals surface area contributed by atoms with E-state index in [1.807, 2.05) is 0 Å². The zero-order valence-corrected chi connectivity index (χ0v) is 8.59. The maximum Gasteiger partial charge on any atom is 0.0566 e. The normalized spacial score (nSPS) is 11.0. The maximum absolute atomic E-state index is 3.69. The van der Waals surface area contributed by atoms with E-state index >= 15 is 0 Å². The summed E-state index contributed by atoms with van der Waals surface area (Å²) in [5, 5.41) is 3.24. The van der Waals surface area contributed by atoms with Crippen molar-refractivity contribution < 1.29 is 0 Å². The number of rotatable bonds is 3. The summed E-state index contributed by atoms with van der Waals surface area (Å²) in [7, 11) is 0. The number of benzene rings is 1. The number of nitrogens with one attached hydrogen (secondary N) is 1. The van der Waals surface area contributed by atoms with E-state index in [4.69, 9.17) is 0 Å². The Labute approximate surface area is 80.5 Å². The van der Waals surface area contributed by atoms with Crippen LogP contribution in [0.4, 0.5) is 0 Å². The van der Waals surface area contributed by atoms with Crippen molar-refractivity contribution in [3.05, 3.63) is 48.2 Å². The van der Waals surface area contributed by atoms with Crippen LogP contribution in [0, 0.1) is 6.92 Å². The molecule has 0 radical (unpaired) electrons. The summed E-state index contributed by atoms with van der Waals surface area (Å²) in [5.41, 5.74) is 2.59. The average molecular weight is 175 g/mol. The molecule has 1 aromatic carbocycles. The molecule has 0 saturated carbocycles. The van der Waals surface area contributed by atoms with Crippen LogP contribution in [-0.4, -0.2) is 0 Å². The first kappa shape index (κ1) is 9.85. The smallest absolute Gasteiger partial charge is 0.0566 e. The third-order valence-electron chi connectivity index (χ3n) is 2.28. The highest BCUT2D eigenvalue weighted by molar-refractivity contribution is 5.31. The van der Waals surface area contributed by atoms with Gasteiger partial charge in [-0.25, -0.2) is 0 Å². The lowest BCUT2D eigenvalue weighted by Gasteiger charge is -2.27. The van der Waals surface area contributed by atoms with Crippen LogP contribution >= 0.6 is 0 Å². The van der Waals surface area contributed by atoms with Crippen molar-refractivity contribution in [3.8, 4) is 0 Å². The van der Waals surface area contributed by atoms with Crippen LogP contribution in [0.5, 0.6) is 0 Å². The average Bonchev–Trinajstić information content (AvgIpc) is 2.04. The Kier molecular flexibility index (Phi) is 2.76. The Morgan fingerprint density at radius 3 is 2.46 bits per heavy atom. The van der Waals surface area contributed by atoms with E-state index in [9.17, 15) is 0 Å². The predicted octanol–water partition coefficient (Wildman–Crippen LogP) is 2.96. The van der Waals surface area contributed by atoms with E-state index in [1.54, 1.807) is 6.20 Å². The van der Waals surface area contributed by atoms with Gasteiger partial charge in [-0.15, -0.1) is 0 Å². The van der Waals surface area contributed by atoms with Crippen molar-refractivity contribution in [2.45, 2.75) is 26.3 Å². The Bertz CT molecular complexity index is 300. The van der Waals surface area contributed by atoms with Gasteiger partial charge < -0.3 is 5.32 Å². The van der Waals surface area contributed by atoms with Crippen LogP contribution in [0.25, 0.3) is 0 Å². The van der Waals surface area contributed by atoms with Gasteiger partial charge in [0.25, 0.3) is 0 Å². The molecule has 0 aliphatic heterocycles. The van der Waals surface area contributed by atoms with E-state index in [1.165, 1.54) is 11.1 Å². The van der Waals surface area contributed by atoms with Gasteiger partial charge in [0.05, 0.1) is 5.54 Å². The van der Waals surface area contributed by atoms with Gasteiger partial charge in [0, 0.05) is 0 Å². The summed E-state index contributed by atoms with van der Waals surface area (Å²) in [5.74, 6) is 0. The SMILES string of the molecule is C=CNC(C)(C)c1ccccc1C. The molecule has 1 heteroatoms. The van der Waals surface area contributed by atoms with Gasteiger partial charge in [-0.3, -0.25) is 0 Å². The lowest BCUT2D eigenvalue weighted by atomic mass is 9.91. The molecule has 0 fully saturated rings. The molecule has 1 N–H and O–H groups in total. The van der Waals surface area contributed by atoms with Crippen molar-refractivity contribution in [1.29, 1.82) is 0 Å². The van der Waals surface area contributed by atoms with Gasteiger partial charge in [0.1, 0.15) is 0 Å². The second-order valence-corrected chi connectivity index (χ2v) is 3.79. The molecular weight excluding hydrogens is 158 g/mol. The summed E-state index contributed by atoms with van der Waals surface area (Å²) in [6, 6.07) is 8.39. The number of hydrogen-bond acceptors (Lipinski definition) is 1. The molecule has 1 aromatic rings. The minimum Gasteiger partial charge on any atom is -0.382 e. The van der Waals surface area contributed by atoms with Crippen molar-refractivity contribution >= 4 is 0 Å². The molecule has 0 bridgehead atoms. The van der Waals surface area contributed by atoms with E-state index in [0.29, 0.717) is 0 Å². The molecule has 0 amide bonds. The molecule has 0 atom stereocenters. The molecule has 0 aliphatic carbocycles. The van der Waals surface area contributed by atoms with Crippen LogP contribution in [-0.2, 0) is 5.54 Å². The Balaban J connectivity index is 3.06. The van der Waals surface area contributed by atoms with Crippen LogP contribution < -0.4 is 5.32 Å². The summed E-state index contributed by atoms with van der Waals surface area (Å²) >= 11 is 0. The van der Waals surface area contributed by atoms with E-state index in [2.05, 4.69) is 56.9 Å². The largest absolute Gasteiger partial charge is 0.382 e. The lowest BCUT2D eigenvalue weighted by Crippen LogP contribution is -2.32. The molecule has 13 heavy (non-hydrogen) atoms. The lowest BCUT2D eigenvalue weighted by molar-refractivity contribution is 0.464. The third kappa shape index (κ3) is 2.11. The number of aryl methyl sites for hydroxylation is 1. The fraction of sp³-hybridized carbons (Fsp3) is 0.333. The van der Waals surface area contributed by atoms with Gasteiger partial charge in [0.2, 0.25) is 0 Å². The second kappa shape index (κ2) is 3.65. The van der Waals surface area contributed by atoms with Gasteiger partial charge in [0.15, 0.2) is 0 Å².